The molecule has 0 saturated carbocycles. The van der Waals surface area contributed by atoms with Gasteiger partial charge < -0.3 is 9.64 Å². The SMILES string of the molecule is CCCCCCCC/C=C/CCCCCCCCN1CC(C(=O)OC)N(S(=O)(=O)c2ccc(-c3ccc(Br)cc3)cc2)CC1=O. The second-order valence-electron chi connectivity index (χ2n) is 11.9. The summed E-state index contributed by atoms with van der Waals surface area (Å²) >= 11 is 3.42. The number of benzene rings is 2. The minimum absolute atomic E-state index is 0.00715. The van der Waals surface area contributed by atoms with Gasteiger partial charge in [-0.3, -0.25) is 9.59 Å². The van der Waals surface area contributed by atoms with Crippen molar-refractivity contribution in [1.29, 1.82) is 0 Å². The molecular weight excluding hydrogens is 652 g/mol. The summed E-state index contributed by atoms with van der Waals surface area (Å²) in [7, 11) is -2.87. The van der Waals surface area contributed by atoms with E-state index in [4.69, 9.17) is 4.74 Å². The van der Waals surface area contributed by atoms with Crippen LogP contribution in [-0.2, 0) is 24.3 Å². The molecule has 1 unspecified atom stereocenters. The van der Waals surface area contributed by atoms with Gasteiger partial charge in [0.25, 0.3) is 0 Å². The van der Waals surface area contributed by atoms with Crippen molar-refractivity contribution in [3.63, 3.8) is 0 Å². The zero-order valence-electron chi connectivity index (χ0n) is 27.1. The van der Waals surface area contributed by atoms with E-state index in [1.165, 1.54) is 77.0 Å². The van der Waals surface area contributed by atoms with Gasteiger partial charge in [-0.1, -0.05) is 117 Å². The average Bonchev–Trinajstić information content (AvgIpc) is 3.05. The highest BCUT2D eigenvalue weighted by Crippen LogP contribution is 2.27. The number of piperazine rings is 1. The number of methoxy groups -OCH3 is 1. The molecule has 1 fully saturated rings. The van der Waals surface area contributed by atoms with E-state index in [1.807, 2.05) is 24.3 Å². The number of rotatable bonds is 20. The summed E-state index contributed by atoms with van der Waals surface area (Å²) in [5.41, 5.74) is 1.81. The van der Waals surface area contributed by atoms with E-state index in [2.05, 4.69) is 35.0 Å². The molecule has 0 radical (unpaired) electrons. The van der Waals surface area contributed by atoms with E-state index in [0.29, 0.717) is 6.54 Å². The summed E-state index contributed by atoms with van der Waals surface area (Å²) in [6.07, 6.45) is 21.5. The van der Waals surface area contributed by atoms with E-state index < -0.39 is 22.0 Å². The van der Waals surface area contributed by atoms with Gasteiger partial charge in [0.1, 0.15) is 6.04 Å². The Morgan fingerprint density at radius 3 is 1.89 bits per heavy atom. The molecule has 2 aromatic rings. The number of esters is 1. The fourth-order valence-corrected chi connectivity index (χ4v) is 7.47. The normalized spacial score (nSPS) is 16.0. The van der Waals surface area contributed by atoms with E-state index in [-0.39, 0.29) is 23.9 Å². The molecule has 0 aliphatic carbocycles. The summed E-state index contributed by atoms with van der Waals surface area (Å²) in [5, 5.41) is 0. The van der Waals surface area contributed by atoms with Crippen LogP contribution in [0.25, 0.3) is 11.1 Å². The molecule has 2 aromatic carbocycles. The number of nitrogens with zero attached hydrogens (tertiary/aromatic N) is 2. The first kappa shape index (κ1) is 37.0. The molecule has 9 heteroatoms. The Labute approximate surface area is 279 Å². The zero-order chi connectivity index (χ0) is 32.5. The van der Waals surface area contributed by atoms with Crippen LogP contribution in [0.4, 0.5) is 0 Å². The van der Waals surface area contributed by atoms with Gasteiger partial charge in [-0.15, -0.1) is 0 Å². The molecule has 248 valence electrons. The van der Waals surface area contributed by atoms with Crippen LogP contribution < -0.4 is 0 Å². The number of hydrogen-bond acceptors (Lipinski definition) is 5. The third kappa shape index (κ3) is 12.0. The lowest BCUT2D eigenvalue weighted by Gasteiger charge is -2.38. The number of amides is 1. The van der Waals surface area contributed by atoms with E-state index in [1.54, 1.807) is 17.0 Å². The number of allylic oxidation sites excluding steroid dienone is 2. The van der Waals surface area contributed by atoms with Crippen molar-refractivity contribution < 1.29 is 22.7 Å². The Balaban J connectivity index is 1.41. The van der Waals surface area contributed by atoms with Crippen molar-refractivity contribution in [2.45, 2.75) is 108 Å². The Morgan fingerprint density at radius 1 is 0.822 bits per heavy atom. The van der Waals surface area contributed by atoms with Crippen molar-refractivity contribution in [2.24, 2.45) is 0 Å². The van der Waals surface area contributed by atoms with Crippen LogP contribution in [0.1, 0.15) is 96.8 Å². The highest BCUT2D eigenvalue weighted by molar-refractivity contribution is 9.10. The summed E-state index contributed by atoms with van der Waals surface area (Å²) in [4.78, 5) is 27.4. The van der Waals surface area contributed by atoms with E-state index >= 15 is 0 Å². The van der Waals surface area contributed by atoms with Crippen molar-refractivity contribution in [1.82, 2.24) is 9.21 Å². The van der Waals surface area contributed by atoms with Crippen molar-refractivity contribution in [3.05, 3.63) is 65.2 Å². The molecule has 0 aromatic heterocycles. The van der Waals surface area contributed by atoms with Crippen molar-refractivity contribution >= 4 is 37.8 Å². The van der Waals surface area contributed by atoms with Gasteiger partial charge in [0.05, 0.1) is 18.6 Å². The molecule has 1 amide bonds. The maximum absolute atomic E-state index is 13.6. The van der Waals surface area contributed by atoms with Crippen LogP contribution in [0.5, 0.6) is 0 Å². The first-order valence-electron chi connectivity index (χ1n) is 16.7. The minimum atomic E-state index is -4.11. The Kier molecular flexibility index (Phi) is 16.3. The zero-order valence-corrected chi connectivity index (χ0v) is 29.5. The van der Waals surface area contributed by atoms with Gasteiger partial charge in [-0.05, 0) is 67.5 Å². The molecule has 7 nitrogen and oxygen atoms in total. The maximum atomic E-state index is 13.6. The number of unbranched alkanes of at least 4 members (excludes halogenated alkanes) is 12. The molecule has 1 atom stereocenters. The van der Waals surface area contributed by atoms with Gasteiger partial charge in [-0.25, -0.2) is 8.42 Å². The minimum Gasteiger partial charge on any atom is -0.468 e. The fourth-order valence-electron chi connectivity index (χ4n) is 5.69. The summed E-state index contributed by atoms with van der Waals surface area (Å²) < 4.78 is 34.1. The lowest BCUT2D eigenvalue weighted by molar-refractivity contribution is -0.151. The molecule has 1 aliphatic rings. The molecule has 45 heavy (non-hydrogen) atoms. The largest absolute Gasteiger partial charge is 0.468 e. The van der Waals surface area contributed by atoms with Crippen LogP contribution in [0.15, 0.2) is 70.1 Å². The van der Waals surface area contributed by atoms with Crippen molar-refractivity contribution in [2.75, 3.05) is 26.7 Å². The smallest absolute Gasteiger partial charge is 0.326 e. The highest BCUT2D eigenvalue weighted by atomic mass is 79.9. The number of halogens is 1. The van der Waals surface area contributed by atoms with Crippen LogP contribution in [-0.4, -0.2) is 62.3 Å². The lowest BCUT2D eigenvalue weighted by Crippen LogP contribution is -2.60. The molecule has 0 bridgehead atoms. The first-order chi connectivity index (χ1) is 21.8. The highest BCUT2D eigenvalue weighted by Gasteiger charge is 2.43. The van der Waals surface area contributed by atoms with E-state index in [0.717, 1.165) is 52.0 Å². The average molecular weight is 704 g/mol. The quantitative estimate of drug-likeness (QED) is 0.0785. The number of carbonyl (C=O) groups excluding carboxylic acids is 2. The van der Waals surface area contributed by atoms with Gasteiger partial charge >= 0.3 is 5.97 Å². The fraction of sp³-hybridized carbons (Fsp3) is 0.556. The molecule has 1 heterocycles. The molecule has 3 rings (SSSR count). The van der Waals surface area contributed by atoms with Crippen LogP contribution in [0.2, 0.25) is 0 Å². The van der Waals surface area contributed by atoms with Crippen LogP contribution in [0, 0.1) is 0 Å². The Morgan fingerprint density at radius 2 is 1.33 bits per heavy atom. The van der Waals surface area contributed by atoms with Crippen LogP contribution in [0.3, 0.4) is 0 Å². The second kappa shape index (κ2) is 19.9. The monoisotopic (exact) mass is 702 g/mol. The summed E-state index contributed by atoms with van der Waals surface area (Å²) in [6, 6.07) is 13.1. The third-order valence-corrected chi connectivity index (χ3v) is 10.8. The predicted octanol–water partition coefficient (Wildman–Crippen LogP) is 8.53. The molecule has 0 N–H and O–H groups in total. The maximum Gasteiger partial charge on any atom is 0.326 e. The van der Waals surface area contributed by atoms with E-state index in [9.17, 15) is 18.0 Å². The Bertz CT molecular complexity index is 1310. The summed E-state index contributed by atoms with van der Waals surface area (Å²) in [5.74, 6) is -0.957. The lowest BCUT2D eigenvalue weighted by atomic mass is 10.1. The van der Waals surface area contributed by atoms with Gasteiger partial charge in [0, 0.05) is 17.6 Å². The number of carbonyl (C=O) groups is 2. The molecule has 1 aliphatic heterocycles. The molecule has 0 spiro atoms. The van der Waals surface area contributed by atoms with Gasteiger partial charge in [0.2, 0.25) is 15.9 Å². The van der Waals surface area contributed by atoms with Gasteiger partial charge in [0.15, 0.2) is 0 Å². The topological polar surface area (TPSA) is 84.0 Å². The standard InChI is InChI=1S/C36H51BrN2O5S/c1-3-4-5-6-7-8-9-10-11-12-13-14-15-16-17-18-27-38-28-34(36(41)44-2)39(29-35(38)40)45(42,43)33-25-21-31(22-26-33)30-19-23-32(37)24-20-30/h10-11,19-26,34H,3-9,12-18,27-29H2,1-2H3/b11-10+. The number of sulfonamides is 1. The number of hydrogen-bond donors (Lipinski definition) is 0. The van der Waals surface area contributed by atoms with Crippen molar-refractivity contribution in [3.8, 4) is 11.1 Å². The van der Waals surface area contributed by atoms with Crippen LogP contribution >= 0.6 is 15.9 Å². The molecule has 1 saturated heterocycles. The summed E-state index contributed by atoms with van der Waals surface area (Å²) in [6.45, 7) is 2.36. The molecular formula is C36H51BrN2O5S. The third-order valence-electron chi connectivity index (χ3n) is 8.44. The second-order valence-corrected chi connectivity index (χ2v) is 14.7. The Hall–Kier alpha value is -2.49. The predicted molar refractivity (Wildman–Crippen MR) is 185 cm³/mol. The first-order valence-corrected chi connectivity index (χ1v) is 18.9. The van der Waals surface area contributed by atoms with Gasteiger partial charge in [-0.2, -0.15) is 4.31 Å². The number of ether oxygens (including phenoxy) is 1.